The second-order valence-corrected chi connectivity index (χ2v) is 6.58. The molecular weight excluding hydrogens is 316 g/mol. The molecule has 0 aliphatic carbocycles. The number of benzene rings is 1. The van der Waals surface area contributed by atoms with Crippen molar-refractivity contribution < 1.29 is 9.47 Å². The summed E-state index contributed by atoms with van der Waals surface area (Å²) in [5.41, 5.74) is 1.94. The van der Waals surface area contributed by atoms with Crippen LogP contribution in [0.1, 0.15) is 24.0 Å². The SMILES string of the molecule is O=c1[nH]cccc1CN1CCC(C=Cc2cccc3c2OCO3)CC1. The maximum Gasteiger partial charge on any atom is 0.252 e. The fourth-order valence-corrected chi connectivity index (χ4v) is 3.45. The minimum absolute atomic E-state index is 0.0182. The van der Waals surface area contributed by atoms with E-state index in [1.165, 1.54) is 0 Å². The standard InChI is InChI=1S/C20H22N2O3/c23-20-17(4-2-10-21-20)13-22-11-8-15(9-12-22)6-7-16-3-1-5-18-19(16)25-14-24-18/h1-7,10,15H,8-9,11-14H2,(H,21,23). The Balaban J connectivity index is 1.34. The third-order valence-electron chi connectivity index (χ3n) is 4.90. The number of nitrogens with zero attached hydrogens (tertiary/aromatic N) is 1. The zero-order valence-corrected chi connectivity index (χ0v) is 14.1. The average Bonchev–Trinajstić information content (AvgIpc) is 3.12. The highest BCUT2D eigenvalue weighted by atomic mass is 16.7. The van der Waals surface area contributed by atoms with Crippen LogP contribution in [0.2, 0.25) is 0 Å². The molecular formula is C20H22N2O3. The Morgan fingerprint density at radius 3 is 2.88 bits per heavy atom. The van der Waals surface area contributed by atoms with Gasteiger partial charge in [-0.3, -0.25) is 9.69 Å². The van der Waals surface area contributed by atoms with E-state index in [4.69, 9.17) is 9.47 Å². The number of aromatic amines is 1. The summed E-state index contributed by atoms with van der Waals surface area (Å²) in [6.45, 7) is 3.05. The van der Waals surface area contributed by atoms with E-state index in [0.717, 1.165) is 55.1 Å². The molecule has 0 unspecified atom stereocenters. The number of allylic oxidation sites excluding steroid dienone is 1. The lowest BCUT2D eigenvalue weighted by Crippen LogP contribution is -2.34. The molecule has 3 heterocycles. The Morgan fingerprint density at radius 2 is 2.04 bits per heavy atom. The van der Waals surface area contributed by atoms with Crippen molar-refractivity contribution in [3.63, 3.8) is 0 Å². The largest absolute Gasteiger partial charge is 0.454 e. The number of ether oxygens (including phenoxy) is 2. The van der Waals surface area contributed by atoms with E-state index >= 15 is 0 Å². The van der Waals surface area contributed by atoms with E-state index in [0.29, 0.717) is 12.7 Å². The first-order valence-corrected chi connectivity index (χ1v) is 8.75. The Bertz CT molecular complexity index is 820. The van der Waals surface area contributed by atoms with Crippen molar-refractivity contribution >= 4 is 6.08 Å². The van der Waals surface area contributed by atoms with Crippen molar-refractivity contribution in [1.82, 2.24) is 9.88 Å². The molecule has 1 aromatic heterocycles. The lowest BCUT2D eigenvalue weighted by molar-refractivity contribution is 0.173. The number of nitrogens with one attached hydrogen (secondary N) is 1. The van der Waals surface area contributed by atoms with E-state index in [9.17, 15) is 4.79 Å². The van der Waals surface area contributed by atoms with Crippen molar-refractivity contribution in [3.05, 3.63) is 64.1 Å². The van der Waals surface area contributed by atoms with Crippen LogP contribution in [0.5, 0.6) is 11.5 Å². The molecule has 2 aromatic rings. The molecule has 2 aliphatic rings. The highest BCUT2D eigenvalue weighted by Crippen LogP contribution is 2.36. The summed E-state index contributed by atoms with van der Waals surface area (Å²) in [5, 5.41) is 0. The molecule has 0 spiro atoms. The lowest BCUT2D eigenvalue weighted by atomic mass is 9.95. The summed E-state index contributed by atoms with van der Waals surface area (Å²) in [6.07, 6.45) is 8.32. The Kier molecular flexibility index (Phi) is 4.57. The van der Waals surface area contributed by atoms with Gasteiger partial charge in [0.25, 0.3) is 5.56 Å². The van der Waals surface area contributed by atoms with Crippen LogP contribution in [-0.4, -0.2) is 29.8 Å². The van der Waals surface area contributed by atoms with Crippen molar-refractivity contribution in [1.29, 1.82) is 0 Å². The topological polar surface area (TPSA) is 54.6 Å². The van der Waals surface area contributed by atoms with Gasteiger partial charge in [-0.25, -0.2) is 0 Å². The first-order chi connectivity index (χ1) is 12.3. The van der Waals surface area contributed by atoms with E-state index < -0.39 is 0 Å². The van der Waals surface area contributed by atoms with Crippen molar-refractivity contribution in [2.45, 2.75) is 19.4 Å². The smallest absolute Gasteiger partial charge is 0.252 e. The van der Waals surface area contributed by atoms with Crippen LogP contribution in [0.15, 0.2) is 47.4 Å². The number of hydrogen-bond acceptors (Lipinski definition) is 4. The molecule has 4 rings (SSSR count). The van der Waals surface area contributed by atoms with Gasteiger partial charge in [-0.2, -0.15) is 0 Å². The molecule has 0 radical (unpaired) electrons. The number of para-hydroxylation sites is 1. The fraction of sp³-hybridized carbons (Fsp3) is 0.350. The molecule has 1 N–H and O–H groups in total. The Morgan fingerprint density at radius 1 is 1.16 bits per heavy atom. The van der Waals surface area contributed by atoms with E-state index in [1.54, 1.807) is 6.20 Å². The molecule has 1 saturated heterocycles. The zero-order valence-electron chi connectivity index (χ0n) is 14.1. The number of rotatable bonds is 4. The summed E-state index contributed by atoms with van der Waals surface area (Å²) in [5.74, 6) is 2.23. The first kappa shape index (κ1) is 16.0. The second-order valence-electron chi connectivity index (χ2n) is 6.58. The number of piperidine rings is 1. The van der Waals surface area contributed by atoms with E-state index in [-0.39, 0.29) is 5.56 Å². The Hall–Kier alpha value is -2.53. The molecule has 5 nitrogen and oxygen atoms in total. The van der Waals surface area contributed by atoms with Gasteiger partial charge in [0.05, 0.1) is 0 Å². The quantitative estimate of drug-likeness (QED) is 0.931. The predicted octanol–water partition coefficient (Wildman–Crippen LogP) is 3.03. The van der Waals surface area contributed by atoms with Crippen molar-refractivity contribution in [2.24, 2.45) is 5.92 Å². The van der Waals surface area contributed by atoms with Gasteiger partial charge in [0, 0.05) is 23.9 Å². The Labute approximate surface area is 146 Å². The predicted molar refractivity (Wildman–Crippen MR) is 96.7 cm³/mol. The van der Waals surface area contributed by atoms with Gasteiger partial charge < -0.3 is 14.5 Å². The first-order valence-electron chi connectivity index (χ1n) is 8.75. The summed E-state index contributed by atoms with van der Waals surface area (Å²) in [4.78, 5) is 16.9. The van der Waals surface area contributed by atoms with Crippen LogP contribution in [-0.2, 0) is 6.54 Å². The molecule has 25 heavy (non-hydrogen) atoms. The summed E-state index contributed by atoms with van der Waals surface area (Å²) >= 11 is 0. The van der Waals surface area contributed by atoms with Crippen LogP contribution >= 0.6 is 0 Å². The van der Waals surface area contributed by atoms with Crippen LogP contribution in [0.3, 0.4) is 0 Å². The fourth-order valence-electron chi connectivity index (χ4n) is 3.45. The van der Waals surface area contributed by atoms with Gasteiger partial charge in [-0.15, -0.1) is 0 Å². The molecule has 0 saturated carbocycles. The van der Waals surface area contributed by atoms with E-state index in [2.05, 4.69) is 28.1 Å². The van der Waals surface area contributed by atoms with E-state index in [1.807, 2.05) is 24.3 Å². The van der Waals surface area contributed by atoms with Crippen molar-refractivity contribution in [2.75, 3.05) is 19.9 Å². The minimum atomic E-state index is 0.0182. The molecule has 130 valence electrons. The lowest BCUT2D eigenvalue weighted by Gasteiger charge is -2.30. The van der Waals surface area contributed by atoms with Gasteiger partial charge >= 0.3 is 0 Å². The molecule has 1 fully saturated rings. The van der Waals surface area contributed by atoms with Gasteiger partial charge in [0.15, 0.2) is 11.5 Å². The van der Waals surface area contributed by atoms with Gasteiger partial charge in [0.2, 0.25) is 6.79 Å². The third kappa shape index (κ3) is 3.61. The maximum atomic E-state index is 11.8. The second kappa shape index (κ2) is 7.15. The molecule has 0 bridgehead atoms. The molecule has 0 amide bonds. The summed E-state index contributed by atoms with van der Waals surface area (Å²) in [6, 6.07) is 9.77. The number of pyridine rings is 1. The van der Waals surface area contributed by atoms with Gasteiger partial charge in [-0.05, 0) is 44.0 Å². The van der Waals surface area contributed by atoms with Gasteiger partial charge in [-0.1, -0.05) is 30.4 Å². The third-order valence-corrected chi connectivity index (χ3v) is 4.90. The average molecular weight is 338 g/mol. The number of fused-ring (bicyclic) bond motifs is 1. The number of aromatic nitrogens is 1. The van der Waals surface area contributed by atoms with Crippen LogP contribution < -0.4 is 15.0 Å². The monoisotopic (exact) mass is 338 g/mol. The van der Waals surface area contributed by atoms with Crippen molar-refractivity contribution in [3.8, 4) is 11.5 Å². The van der Waals surface area contributed by atoms with Gasteiger partial charge in [0.1, 0.15) is 0 Å². The highest BCUT2D eigenvalue weighted by Gasteiger charge is 2.19. The normalized spacial score (nSPS) is 18.1. The maximum absolute atomic E-state index is 11.8. The number of hydrogen-bond donors (Lipinski definition) is 1. The molecule has 5 heteroatoms. The number of likely N-dealkylation sites (tertiary alicyclic amines) is 1. The van der Waals surface area contributed by atoms with Crippen LogP contribution in [0.4, 0.5) is 0 Å². The van der Waals surface area contributed by atoms with Crippen LogP contribution in [0, 0.1) is 5.92 Å². The minimum Gasteiger partial charge on any atom is -0.454 e. The van der Waals surface area contributed by atoms with Crippen LogP contribution in [0.25, 0.3) is 6.08 Å². The molecule has 2 aliphatic heterocycles. The molecule has 0 atom stereocenters. The summed E-state index contributed by atoms with van der Waals surface area (Å²) in [7, 11) is 0. The zero-order chi connectivity index (χ0) is 17.1. The summed E-state index contributed by atoms with van der Waals surface area (Å²) < 4.78 is 11.0. The molecule has 1 aromatic carbocycles. The highest BCUT2D eigenvalue weighted by molar-refractivity contribution is 5.63. The number of H-pyrrole nitrogens is 1.